The summed E-state index contributed by atoms with van der Waals surface area (Å²) in [5.41, 5.74) is 7.03. The van der Waals surface area contributed by atoms with Gasteiger partial charge in [0.2, 0.25) is 0 Å². The van der Waals surface area contributed by atoms with E-state index in [4.69, 9.17) is 15.2 Å². The van der Waals surface area contributed by atoms with Crippen molar-refractivity contribution in [3.8, 4) is 11.5 Å². The lowest BCUT2D eigenvalue weighted by Crippen LogP contribution is -2.38. The molecular weight excluding hydrogens is 368 g/mol. The van der Waals surface area contributed by atoms with Crippen LogP contribution in [-0.2, 0) is 11.2 Å². The Morgan fingerprint density at radius 3 is 2.45 bits per heavy atom. The first-order valence-corrected chi connectivity index (χ1v) is 9.99. The second-order valence-corrected chi connectivity index (χ2v) is 7.38. The number of aryl methyl sites for hydroxylation is 1. The Morgan fingerprint density at radius 2 is 1.79 bits per heavy atom. The van der Waals surface area contributed by atoms with Gasteiger partial charge < -0.3 is 20.1 Å². The topological polar surface area (TPSA) is 81.9 Å². The number of nitrogens with two attached hydrogens (primary N) is 1. The minimum atomic E-state index is -0.567. The van der Waals surface area contributed by atoms with E-state index in [0.29, 0.717) is 23.0 Å². The SMILES string of the molecule is COc1cc(C(=O)N2CCC(CCc3ccccc3)CC2)ccc1OCC(N)=O. The number of amides is 2. The van der Waals surface area contributed by atoms with Crippen molar-refractivity contribution >= 4 is 11.8 Å². The Kier molecular flexibility index (Phi) is 7.11. The van der Waals surface area contributed by atoms with Crippen molar-refractivity contribution < 1.29 is 19.1 Å². The predicted molar refractivity (Wildman–Crippen MR) is 111 cm³/mol. The number of benzene rings is 2. The molecule has 0 bridgehead atoms. The van der Waals surface area contributed by atoms with Gasteiger partial charge in [-0.15, -0.1) is 0 Å². The third kappa shape index (κ3) is 5.73. The van der Waals surface area contributed by atoms with Gasteiger partial charge in [0.05, 0.1) is 7.11 Å². The van der Waals surface area contributed by atoms with Gasteiger partial charge in [0.15, 0.2) is 18.1 Å². The summed E-state index contributed by atoms with van der Waals surface area (Å²) in [6.45, 7) is 1.29. The number of hydrogen-bond donors (Lipinski definition) is 1. The van der Waals surface area contributed by atoms with E-state index in [-0.39, 0.29) is 12.5 Å². The summed E-state index contributed by atoms with van der Waals surface area (Å²) in [5.74, 6) is 0.879. The highest BCUT2D eigenvalue weighted by Crippen LogP contribution is 2.29. The third-order valence-corrected chi connectivity index (χ3v) is 5.37. The summed E-state index contributed by atoms with van der Waals surface area (Å²) >= 11 is 0. The molecule has 29 heavy (non-hydrogen) atoms. The standard InChI is InChI=1S/C23H28N2O4/c1-28-21-15-19(9-10-20(21)29-16-22(24)26)23(27)25-13-11-18(12-14-25)8-7-17-5-3-2-4-6-17/h2-6,9-10,15,18H,7-8,11-14,16H2,1H3,(H2,24,26). The van der Waals surface area contributed by atoms with E-state index >= 15 is 0 Å². The Balaban J connectivity index is 1.54. The number of rotatable bonds is 8. The summed E-state index contributed by atoms with van der Waals surface area (Å²) in [5, 5.41) is 0. The molecule has 1 saturated heterocycles. The zero-order valence-corrected chi connectivity index (χ0v) is 16.8. The first-order chi connectivity index (χ1) is 14.1. The number of nitrogens with zero attached hydrogens (tertiary/aromatic N) is 1. The van der Waals surface area contributed by atoms with Crippen molar-refractivity contribution in [1.82, 2.24) is 4.90 Å². The van der Waals surface area contributed by atoms with Crippen molar-refractivity contribution in [3.63, 3.8) is 0 Å². The quantitative estimate of drug-likeness (QED) is 0.744. The van der Waals surface area contributed by atoms with Crippen molar-refractivity contribution in [2.75, 3.05) is 26.8 Å². The van der Waals surface area contributed by atoms with E-state index in [0.717, 1.165) is 38.8 Å². The number of carbonyl (C=O) groups is 2. The van der Waals surface area contributed by atoms with Gasteiger partial charge in [-0.3, -0.25) is 9.59 Å². The average molecular weight is 396 g/mol. The second-order valence-electron chi connectivity index (χ2n) is 7.38. The van der Waals surface area contributed by atoms with Crippen LogP contribution in [0.5, 0.6) is 11.5 Å². The number of methoxy groups -OCH3 is 1. The highest BCUT2D eigenvalue weighted by atomic mass is 16.5. The zero-order chi connectivity index (χ0) is 20.6. The van der Waals surface area contributed by atoms with E-state index < -0.39 is 5.91 Å². The van der Waals surface area contributed by atoms with E-state index in [1.165, 1.54) is 12.7 Å². The predicted octanol–water partition coefficient (Wildman–Crippen LogP) is 3.04. The summed E-state index contributed by atoms with van der Waals surface area (Å²) < 4.78 is 10.6. The van der Waals surface area contributed by atoms with Crippen LogP contribution in [0.2, 0.25) is 0 Å². The van der Waals surface area contributed by atoms with Gasteiger partial charge in [-0.05, 0) is 55.4 Å². The van der Waals surface area contributed by atoms with Crippen LogP contribution in [0.3, 0.4) is 0 Å². The molecule has 0 radical (unpaired) electrons. The molecule has 1 heterocycles. The Morgan fingerprint density at radius 1 is 1.07 bits per heavy atom. The average Bonchev–Trinajstić information content (AvgIpc) is 2.76. The fraction of sp³-hybridized carbons (Fsp3) is 0.391. The van der Waals surface area contributed by atoms with E-state index in [1.807, 2.05) is 11.0 Å². The van der Waals surface area contributed by atoms with Crippen LogP contribution in [0.1, 0.15) is 35.2 Å². The maximum absolute atomic E-state index is 12.9. The molecule has 2 amide bonds. The van der Waals surface area contributed by atoms with Gasteiger partial charge in [-0.25, -0.2) is 0 Å². The van der Waals surface area contributed by atoms with Crippen molar-refractivity contribution in [2.24, 2.45) is 11.7 Å². The lowest BCUT2D eigenvalue weighted by atomic mass is 9.90. The number of likely N-dealkylation sites (tertiary alicyclic amines) is 1. The molecule has 0 aromatic heterocycles. The fourth-order valence-corrected chi connectivity index (χ4v) is 3.69. The molecule has 0 unspecified atom stereocenters. The van der Waals surface area contributed by atoms with E-state index in [9.17, 15) is 9.59 Å². The Hall–Kier alpha value is -3.02. The highest BCUT2D eigenvalue weighted by Gasteiger charge is 2.24. The van der Waals surface area contributed by atoms with Crippen LogP contribution < -0.4 is 15.2 Å². The molecule has 1 aliphatic heterocycles. The minimum absolute atomic E-state index is 0.00809. The van der Waals surface area contributed by atoms with Gasteiger partial charge in [0.1, 0.15) is 0 Å². The Bertz CT molecular complexity index is 830. The Labute approximate surface area is 171 Å². The van der Waals surface area contributed by atoms with Crippen molar-refractivity contribution in [3.05, 3.63) is 59.7 Å². The molecule has 154 valence electrons. The van der Waals surface area contributed by atoms with Gasteiger partial charge >= 0.3 is 0 Å². The fourth-order valence-electron chi connectivity index (χ4n) is 3.69. The lowest BCUT2D eigenvalue weighted by Gasteiger charge is -2.32. The molecule has 0 saturated carbocycles. The third-order valence-electron chi connectivity index (χ3n) is 5.37. The molecule has 6 nitrogen and oxygen atoms in total. The molecule has 2 aromatic carbocycles. The molecule has 1 aliphatic rings. The van der Waals surface area contributed by atoms with Gasteiger partial charge in [0, 0.05) is 18.7 Å². The normalized spacial score (nSPS) is 14.4. The number of primary amides is 1. The largest absolute Gasteiger partial charge is 0.493 e. The van der Waals surface area contributed by atoms with Crippen LogP contribution >= 0.6 is 0 Å². The molecule has 0 spiro atoms. The summed E-state index contributed by atoms with van der Waals surface area (Å²) in [6.07, 6.45) is 4.29. The van der Waals surface area contributed by atoms with E-state index in [2.05, 4.69) is 24.3 Å². The summed E-state index contributed by atoms with van der Waals surface area (Å²) in [6, 6.07) is 15.5. The minimum Gasteiger partial charge on any atom is -0.493 e. The maximum Gasteiger partial charge on any atom is 0.255 e. The maximum atomic E-state index is 12.9. The molecule has 2 aromatic rings. The van der Waals surface area contributed by atoms with Crippen LogP contribution in [0.15, 0.2) is 48.5 Å². The van der Waals surface area contributed by atoms with E-state index in [1.54, 1.807) is 18.2 Å². The number of ether oxygens (including phenoxy) is 2. The molecule has 0 atom stereocenters. The van der Waals surface area contributed by atoms with Crippen molar-refractivity contribution in [1.29, 1.82) is 0 Å². The first kappa shape index (κ1) is 20.7. The van der Waals surface area contributed by atoms with Crippen LogP contribution in [-0.4, -0.2) is 43.5 Å². The first-order valence-electron chi connectivity index (χ1n) is 9.99. The molecule has 1 fully saturated rings. The summed E-state index contributed by atoms with van der Waals surface area (Å²) in [4.78, 5) is 25.7. The molecular formula is C23H28N2O4. The van der Waals surface area contributed by atoms with Gasteiger partial charge in [-0.1, -0.05) is 30.3 Å². The van der Waals surface area contributed by atoms with Crippen LogP contribution in [0, 0.1) is 5.92 Å². The van der Waals surface area contributed by atoms with Crippen molar-refractivity contribution in [2.45, 2.75) is 25.7 Å². The second kappa shape index (κ2) is 9.96. The molecule has 0 aliphatic carbocycles. The van der Waals surface area contributed by atoms with Crippen LogP contribution in [0.25, 0.3) is 0 Å². The molecule has 6 heteroatoms. The number of piperidine rings is 1. The monoisotopic (exact) mass is 396 g/mol. The van der Waals surface area contributed by atoms with Gasteiger partial charge in [-0.2, -0.15) is 0 Å². The highest BCUT2D eigenvalue weighted by molar-refractivity contribution is 5.95. The summed E-state index contributed by atoms with van der Waals surface area (Å²) in [7, 11) is 1.50. The lowest BCUT2D eigenvalue weighted by molar-refractivity contribution is -0.119. The molecule has 2 N–H and O–H groups in total. The number of carbonyl (C=O) groups excluding carboxylic acids is 2. The van der Waals surface area contributed by atoms with Gasteiger partial charge in [0.25, 0.3) is 11.8 Å². The molecule has 3 rings (SSSR count). The zero-order valence-electron chi connectivity index (χ0n) is 16.8. The van der Waals surface area contributed by atoms with Crippen LogP contribution in [0.4, 0.5) is 0 Å². The number of hydrogen-bond acceptors (Lipinski definition) is 4. The smallest absolute Gasteiger partial charge is 0.255 e.